The lowest BCUT2D eigenvalue weighted by Gasteiger charge is -2.26. The van der Waals surface area contributed by atoms with Gasteiger partial charge in [-0.05, 0) is 72.6 Å². The minimum atomic E-state index is -4.49. The normalized spacial score (nSPS) is 16.9. The van der Waals surface area contributed by atoms with E-state index in [1.165, 1.54) is 6.07 Å². The molecule has 0 aromatic heterocycles. The molecule has 1 N–H and O–H groups in total. The third-order valence-corrected chi connectivity index (χ3v) is 5.95. The van der Waals surface area contributed by atoms with Gasteiger partial charge in [0.2, 0.25) is 12.2 Å². The number of alkyl halides is 3. The van der Waals surface area contributed by atoms with E-state index in [9.17, 15) is 23.5 Å². The number of anilines is 1. The number of hydrogen-bond acceptors (Lipinski definition) is 4. The largest absolute Gasteiger partial charge is 0.457 e. The summed E-state index contributed by atoms with van der Waals surface area (Å²) >= 11 is 5.91. The van der Waals surface area contributed by atoms with Gasteiger partial charge in [-0.2, -0.15) is 18.4 Å². The van der Waals surface area contributed by atoms with Gasteiger partial charge in [-0.15, -0.1) is 4.99 Å². The highest BCUT2D eigenvalue weighted by molar-refractivity contribution is 6.30. The second-order valence-corrected chi connectivity index (χ2v) is 8.53. The maximum Gasteiger partial charge on any atom is 0.416 e. The summed E-state index contributed by atoms with van der Waals surface area (Å²) in [6.07, 6.45) is -2.27. The number of guanidine groups is 1. The Balaban J connectivity index is 1.70. The van der Waals surface area contributed by atoms with Crippen LogP contribution in [0.4, 0.5) is 18.9 Å². The summed E-state index contributed by atoms with van der Waals surface area (Å²) in [6, 6.07) is 18.5. The molecule has 10 heteroatoms. The minimum absolute atomic E-state index is 0.0682. The summed E-state index contributed by atoms with van der Waals surface area (Å²) in [4.78, 5) is 7.52. The Hall–Kier alpha value is -3.74. The molecular weight excluding hydrogens is 493 g/mol. The average Bonchev–Trinajstić information content (AvgIpc) is 3.22. The Morgan fingerprint density at radius 1 is 1.06 bits per heavy atom. The van der Waals surface area contributed by atoms with E-state index in [1.807, 2.05) is 0 Å². The molecule has 1 aliphatic heterocycles. The van der Waals surface area contributed by atoms with Crippen LogP contribution in [0.25, 0.3) is 0 Å². The Morgan fingerprint density at radius 2 is 1.72 bits per heavy atom. The van der Waals surface area contributed by atoms with E-state index in [0.29, 0.717) is 53.2 Å². The third-order valence-electron chi connectivity index (χ3n) is 5.70. The predicted octanol–water partition coefficient (Wildman–Crippen LogP) is 6.23. The van der Waals surface area contributed by atoms with E-state index in [1.54, 1.807) is 70.6 Å². The van der Waals surface area contributed by atoms with Gasteiger partial charge in [-0.1, -0.05) is 23.7 Å². The first-order valence-electron chi connectivity index (χ1n) is 11.1. The Morgan fingerprint density at radius 3 is 2.33 bits per heavy atom. The van der Waals surface area contributed by atoms with Crippen LogP contribution in [0.3, 0.4) is 0 Å². The number of nitrogens with zero attached hydrogens (tertiary/aromatic N) is 4. The lowest BCUT2D eigenvalue weighted by molar-refractivity contribution is -0.137. The molecule has 0 aliphatic carbocycles. The van der Waals surface area contributed by atoms with Gasteiger partial charge in [-0.25, -0.2) is 0 Å². The van der Waals surface area contributed by atoms with Crippen LogP contribution in [0.5, 0.6) is 11.5 Å². The number of aliphatic imine (C=N–C) groups is 1. The molecule has 186 valence electrons. The molecule has 1 fully saturated rings. The average molecular weight is 515 g/mol. The van der Waals surface area contributed by atoms with Gasteiger partial charge >= 0.3 is 6.18 Å². The van der Waals surface area contributed by atoms with Crippen molar-refractivity contribution >= 4 is 23.2 Å². The van der Waals surface area contributed by atoms with Crippen molar-refractivity contribution in [2.75, 3.05) is 24.6 Å². The second kappa shape index (κ2) is 10.9. The standard InChI is InChI=1S/C26H22ClF3N4O2/c27-20-5-9-22(10-6-20)36-23-11-7-21(8-12-23)34-24(16-33(13-2-14-35)25(34)32-17-31)18-3-1-4-19(15-18)26(28,29)30/h1,3-12,15,24,35H,2,13-14,16H2/b32-25+/t24-/m1/s1. The number of hydrogen-bond donors (Lipinski definition) is 1. The zero-order valence-corrected chi connectivity index (χ0v) is 19.7. The van der Waals surface area contributed by atoms with E-state index < -0.39 is 17.8 Å². The van der Waals surface area contributed by atoms with Crippen molar-refractivity contribution in [2.24, 2.45) is 4.99 Å². The van der Waals surface area contributed by atoms with E-state index in [0.717, 1.165) is 12.1 Å². The van der Waals surface area contributed by atoms with E-state index in [2.05, 4.69) is 4.99 Å². The number of benzene rings is 3. The molecular formula is C26H22ClF3N4O2. The smallest absolute Gasteiger partial charge is 0.416 e. The molecule has 0 amide bonds. The lowest BCUT2D eigenvalue weighted by Crippen LogP contribution is -2.35. The number of nitriles is 1. The summed E-state index contributed by atoms with van der Waals surface area (Å²) in [6.45, 7) is 0.618. The molecule has 0 unspecified atom stereocenters. The molecule has 1 aliphatic rings. The fourth-order valence-corrected chi connectivity index (χ4v) is 4.20. The zero-order chi connectivity index (χ0) is 25.7. The number of ether oxygens (including phenoxy) is 1. The summed E-state index contributed by atoms with van der Waals surface area (Å²) in [5.74, 6) is 1.45. The van der Waals surface area contributed by atoms with Gasteiger partial charge in [0.15, 0.2) is 0 Å². The number of aliphatic hydroxyl groups is 1. The van der Waals surface area contributed by atoms with Crippen LogP contribution in [0.2, 0.25) is 5.02 Å². The highest BCUT2D eigenvalue weighted by Gasteiger charge is 2.39. The monoisotopic (exact) mass is 514 g/mol. The van der Waals surface area contributed by atoms with E-state index >= 15 is 0 Å². The van der Waals surface area contributed by atoms with Gasteiger partial charge in [-0.3, -0.25) is 0 Å². The maximum atomic E-state index is 13.4. The molecule has 0 spiro atoms. The molecule has 1 heterocycles. The van der Waals surface area contributed by atoms with Crippen molar-refractivity contribution in [3.05, 3.63) is 88.9 Å². The molecule has 0 radical (unpaired) electrons. The number of halogens is 4. The maximum absolute atomic E-state index is 13.4. The highest BCUT2D eigenvalue weighted by atomic mass is 35.5. The predicted molar refractivity (Wildman–Crippen MR) is 131 cm³/mol. The van der Waals surface area contributed by atoms with Crippen LogP contribution in [-0.4, -0.2) is 35.7 Å². The zero-order valence-electron chi connectivity index (χ0n) is 19.0. The first kappa shape index (κ1) is 25.4. The molecule has 6 nitrogen and oxygen atoms in total. The molecule has 1 atom stereocenters. The van der Waals surface area contributed by atoms with Gasteiger partial charge in [0.05, 0.1) is 11.6 Å². The summed E-state index contributed by atoms with van der Waals surface area (Å²) in [7, 11) is 0. The molecule has 3 aromatic carbocycles. The molecule has 0 saturated carbocycles. The molecule has 0 bridgehead atoms. The summed E-state index contributed by atoms with van der Waals surface area (Å²) < 4.78 is 46.1. The summed E-state index contributed by atoms with van der Waals surface area (Å²) in [5, 5.41) is 19.2. The van der Waals surface area contributed by atoms with Crippen molar-refractivity contribution in [2.45, 2.75) is 18.6 Å². The first-order chi connectivity index (χ1) is 17.3. The van der Waals surface area contributed by atoms with Crippen LogP contribution < -0.4 is 9.64 Å². The van der Waals surface area contributed by atoms with Crippen LogP contribution in [0, 0.1) is 11.5 Å². The lowest BCUT2D eigenvalue weighted by atomic mass is 10.0. The van der Waals surface area contributed by atoms with Crippen LogP contribution >= 0.6 is 11.6 Å². The quantitative estimate of drug-likeness (QED) is 0.378. The van der Waals surface area contributed by atoms with E-state index in [-0.39, 0.29) is 6.61 Å². The number of aliphatic hydroxyl groups excluding tert-OH is 1. The van der Waals surface area contributed by atoms with Crippen LogP contribution in [-0.2, 0) is 6.18 Å². The van der Waals surface area contributed by atoms with Crippen molar-refractivity contribution < 1.29 is 23.0 Å². The summed E-state index contributed by atoms with van der Waals surface area (Å²) in [5.41, 5.74) is 0.309. The SMILES string of the molecule is N#C/N=C1\N(CCCO)C[C@H](c2cccc(C(F)(F)F)c2)N1c1ccc(Oc2ccc(Cl)cc2)cc1. The Kier molecular flexibility index (Phi) is 7.67. The van der Waals surface area contributed by atoms with Crippen LogP contribution in [0.1, 0.15) is 23.6 Å². The minimum Gasteiger partial charge on any atom is -0.457 e. The molecule has 4 rings (SSSR count). The highest BCUT2D eigenvalue weighted by Crippen LogP contribution is 2.38. The molecule has 36 heavy (non-hydrogen) atoms. The number of rotatable bonds is 7. The van der Waals surface area contributed by atoms with Gasteiger partial charge in [0, 0.05) is 30.4 Å². The Labute approximate surface area is 211 Å². The van der Waals surface area contributed by atoms with Crippen LogP contribution in [0.15, 0.2) is 77.8 Å². The first-order valence-corrected chi connectivity index (χ1v) is 11.5. The van der Waals surface area contributed by atoms with Gasteiger partial charge in [0.1, 0.15) is 11.5 Å². The third kappa shape index (κ3) is 5.73. The fourth-order valence-electron chi connectivity index (χ4n) is 4.07. The topological polar surface area (TPSA) is 72.1 Å². The van der Waals surface area contributed by atoms with Crippen molar-refractivity contribution in [1.29, 1.82) is 5.26 Å². The van der Waals surface area contributed by atoms with Crippen molar-refractivity contribution in [1.82, 2.24) is 4.90 Å². The van der Waals surface area contributed by atoms with Crippen molar-refractivity contribution in [3.8, 4) is 17.7 Å². The molecule has 1 saturated heterocycles. The van der Waals surface area contributed by atoms with Gasteiger partial charge in [0.25, 0.3) is 0 Å². The van der Waals surface area contributed by atoms with Crippen molar-refractivity contribution in [3.63, 3.8) is 0 Å². The molecule has 3 aromatic rings. The van der Waals surface area contributed by atoms with Gasteiger partial charge < -0.3 is 19.6 Å². The van der Waals surface area contributed by atoms with E-state index in [4.69, 9.17) is 16.3 Å². The fraction of sp³-hybridized carbons (Fsp3) is 0.231. The second-order valence-electron chi connectivity index (χ2n) is 8.09. The Bertz CT molecular complexity index is 1260.